The van der Waals surface area contributed by atoms with Crippen LogP contribution in [0.15, 0.2) is 0 Å². The SMILES string of the molecule is CC#N.CC#N.CC#N.CC#N.F[B-](F)(F)F.F[B-](F)(F)F.F[B-](F)(F)F.[Pd+3]. The van der Waals surface area contributed by atoms with Gasteiger partial charge in [-0.2, -0.15) is 21.0 Å². The monoisotopic (exact) mass is 531 g/mol. The van der Waals surface area contributed by atoms with Crippen molar-refractivity contribution in [3.05, 3.63) is 0 Å². The third-order valence-electron chi connectivity index (χ3n) is 0. The van der Waals surface area contributed by atoms with Crippen LogP contribution in [0.4, 0.5) is 51.8 Å². The van der Waals surface area contributed by atoms with Crippen LogP contribution in [0.2, 0.25) is 0 Å². The molecule has 0 atom stereocenters. The van der Waals surface area contributed by atoms with Crippen LogP contribution in [0, 0.1) is 45.3 Å². The maximum atomic E-state index is 9.75. The Balaban J connectivity index is -0.0000000281. The van der Waals surface area contributed by atoms with Gasteiger partial charge in [0.15, 0.2) is 0 Å². The Morgan fingerprint density at radius 3 is 0.393 bits per heavy atom. The molecule has 0 aliphatic rings. The number of nitrogens with zero attached hydrogens (tertiary/aromatic N) is 4. The van der Waals surface area contributed by atoms with E-state index in [0.717, 1.165) is 0 Å². The predicted octanol–water partition coefficient (Wildman–Crippen LogP) is 6.02. The first-order chi connectivity index (χ1) is 11.7. The molecule has 0 fully saturated rings. The molecule has 0 amide bonds. The minimum Gasteiger partial charge on any atom is -0.418 e. The molecule has 0 saturated heterocycles. The van der Waals surface area contributed by atoms with Crippen LogP contribution in [0.3, 0.4) is 0 Å². The molecular weight excluding hydrogens is 519 g/mol. The van der Waals surface area contributed by atoms with E-state index in [0.29, 0.717) is 0 Å². The largest absolute Gasteiger partial charge is 3.00 e. The summed E-state index contributed by atoms with van der Waals surface area (Å²) in [6, 6.07) is 7.00. The van der Waals surface area contributed by atoms with E-state index in [-0.39, 0.29) is 20.4 Å². The summed E-state index contributed by atoms with van der Waals surface area (Å²) in [4.78, 5) is 0. The Kier molecular flexibility index (Phi) is 64.4. The van der Waals surface area contributed by atoms with Crippen molar-refractivity contribution in [3.63, 3.8) is 0 Å². The van der Waals surface area contributed by atoms with Gasteiger partial charge in [-0.05, 0) is 0 Å². The molecule has 20 heteroatoms. The Labute approximate surface area is 167 Å². The van der Waals surface area contributed by atoms with E-state index in [1.165, 1.54) is 27.7 Å². The average Bonchev–Trinajstić information content (AvgIpc) is 2.24. The van der Waals surface area contributed by atoms with Gasteiger partial charge in [0.1, 0.15) is 0 Å². The number of hydrogen-bond acceptors (Lipinski definition) is 4. The van der Waals surface area contributed by atoms with Gasteiger partial charge >= 0.3 is 42.2 Å². The average molecular weight is 531 g/mol. The second kappa shape index (κ2) is 36.0. The van der Waals surface area contributed by atoms with Crippen molar-refractivity contribution >= 4 is 21.8 Å². The van der Waals surface area contributed by atoms with Gasteiger partial charge in [-0.25, -0.2) is 0 Å². The fourth-order valence-electron chi connectivity index (χ4n) is 0. The maximum absolute atomic E-state index is 9.75. The molecule has 0 heterocycles. The number of hydrogen-bond donors (Lipinski definition) is 0. The van der Waals surface area contributed by atoms with Gasteiger partial charge in [0.05, 0.1) is 24.3 Å². The molecule has 0 bridgehead atoms. The second-order valence-electron chi connectivity index (χ2n) is 2.38. The molecule has 0 aromatic heterocycles. The van der Waals surface area contributed by atoms with Crippen LogP contribution in [0.5, 0.6) is 0 Å². The van der Waals surface area contributed by atoms with Gasteiger partial charge in [-0.15, -0.1) is 0 Å². The van der Waals surface area contributed by atoms with Crippen molar-refractivity contribution in [2.45, 2.75) is 27.7 Å². The van der Waals surface area contributed by atoms with E-state index < -0.39 is 21.8 Å². The minimum atomic E-state index is -6.00. The smallest absolute Gasteiger partial charge is 0.418 e. The van der Waals surface area contributed by atoms with Crippen LogP contribution in [-0.2, 0) is 20.4 Å². The van der Waals surface area contributed by atoms with E-state index in [2.05, 4.69) is 0 Å². The van der Waals surface area contributed by atoms with Gasteiger partial charge in [0.25, 0.3) is 0 Å². The predicted molar refractivity (Wildman–Crippen MR) is 75.7 cm³/mol. The van der Waals surface area contributed by atoms with Gasteiger partial charge in [-0.3, -0.25) is 0 Å². The third-order valence-corrected chi connectivity index (χ3v) is 0. The first-order valence-electron chi connectivity index (χ1n) is 5.51. The Bertz CT molecular complexity index is 347. The number of rotatable bonds is 0. The fraction of sp³-hybridized carbons (Fsp3) is 0.500. The topological polar surface area (TPSA) is 95.2 Å². The van der Waals surface area contributed by atoms with Gasteiger partial charge in [0, 0.05) is 27.7 Å². The summed E-state index contributed by atoms with van der Waals surface area (Å²) in [5.74, 6) is 0. The summed E-state index contributed by atoms with van der Waals surface area (Å²) >= 11 is 0. The first-order valence-corrected chi connectivity index (χ1v) is 5.51. The molecule has 0 aromatic rings. The van der Waals surface area contributed by atoms with E-state index in [1.54, 1.807) is 24.3 Å². The first kappa shape index (κ1) is 50.1. The van der Waals surface area contributed by atoms with Crippen LogP contribution < -0.4 is 0 Å². The molecular formula is C8H12B3F12N4Pd. The zero-order valence-corrected chi connectivity index (χ0v) is 15.9. The molecule has 0 rings (SSSR count). The minimum absolute atomic E-state index is 0. The molecule has 28 heavy (non-hydrogen) atoms. The van der Waals surface area contributed by atoms with E-state index in [4.69, 9.17) is 21.0 Å². The fourth-order valence-corrected chi connectivity index (χ4v) is 0. The molecule has 0 aliphatic heterocycles. The van der Waals surface area contributed by atoms with Crippen molar-refractivity contribution in [3.8, 4) is 24.3 Å². The summed E-state index contributed by atoms with van der Waals surface area (Å²) in [6.45, 7) is 5.72. The molecule has 167 valence electrons. The van der Waals surface area contributed by atoms with Gasteiger partial charge < -0.3 is 51.8 Å². The zero-order chi connectivity index (χ0) is 24.3. The maximum Gasteiger partial charge on any atom is 3.00 e. The van der Waals surface area contributed by atoms with Gasteiger partial charge in [-0.1, -0.05) is 0 Å². The molecule has 4 nitrogen and oxygen atoms in total. The molecule has 0 spiro atoms. The zero-order valence-electron chi connectivity index (χ0n) is 14.4. The normalized spacial score (nSPS) is 7.57. The van der Waals surface area contributed by atoms with Crippen molar-refractivity contribution in [1.29, 1.82) is 21.0 Å². The summed E-state index contributed by atoms with van der Waals surface area (Å²) in [5, 5.41) is 29.3. The summed E-state index contributed by atoms with van der Waals surface area (Å²) in [7, 11) is -18.0. The molecule has 0 N–H and O–H groups in total. The van der Waals surface area contributed by atoms with E-state index in [9.17, 15) is 51.8 Å². The van der Waals surface area contributed by atoms with Crippen molar-refractivity contribution < 1.29 is 72.2 Å². The van der Waals surface area contributed by atoms with Crippen molar-refractivity contribution in [2.24, 2.45) is 0 Å². The van der Waals surface area contributed by atoms with E-state index in [1.807, 2.05) is 0 Å². The van der Waals surface area contributed by atoms with Crippen LogP contribution in [0.1, 0.15) is 27.7 Å². The number of halogens is 12. The van der Waals surface area contributed by atoms with Crippen LogP contribution in [0.25, 0.3) is 0 Å². The Morgan fingerprint density at radius 1 is 0.393 bits per heavy atom. The van der Waals surface area contributed by atoms with Crippen LogP contribution >= 0.6 is 0 Å². The Morgan fingerprint density at radius 2 is 0.393 bits per heavy atom. The molecule has 1 radical (unpaired) electrons. The summed E-state index contributed by atoms with van der Waals surface area (Å²) in [5.41, 5.74) is 0. The summed E-state index contributed by atoms with van der Waals surface area (Å²) in [6.07, 6.45) is 0. The van der Waals surface area contributed by atoms with Gasteiger partial charge in [0.2, 0.25) is 0 Å². The molecule has 0 unspecified atom stereocenters. The van der Waals surface area contributed by atoms with Crippen molar-refractivity contribution in [2.75, 3.05) is 0 Å². The Hall–Kier alpha value is -2.02. The summed E-state index contributed by atoms with van der Waals surface area (Å²) < 4.78 is 117. The second-order valence-corrected chi connectivity index (χ2v) is 2.38. The van der Waals surface area contributed by atoms with Crippen LogP contribution in [-0.4, -0.2) is 21.8 Å². The van der Waals surface area contributed by atoms with Crippen molar-refractivity contribution in [1.82, 2.24) is 0 Å². The molecule has 0 aliphatic carbocycles. The number of nitriles is 4. The molecule has 0 saturated carbocycles. The van der Waals surface area contributed by atoms with E-state index >= 15 is 0 Å². The standard InChI is InChI=1S/4C2H3N.3BF4.Pd/c4*1-2-3;3*2-1(3,4)5;/h4*1H3;;;;/q;;;;3*-1;+3. The molecule has 0 aromatic carbocycles. The third kappa shape index (κ3) is 3090. The quantitative estimate of drug-likeness (QED) is 0.283.